The van der Waals surface area contributed by atoms with Gasteiger partial charge < -0.3 is 0 Å². The topological polar surface area (TPSA) is 0 Å². The summed E-state index contributed by atoms with van der Waals surface area (Å²) in [5.74, 6) is 1.90. The first-order chi connectivity index (χ1) is 9.84. The van der Waals surface area contributed by atoms with Crippen LogP contribution in [0, 0.1) is 11.3 Å². The van der Waals surface area contributed by atoms with Crippen molar-refractivity contribution in [1.29, 1.82) is 0 Å². The van der Waals surface area contributed by atoms with Gasteiger partial charge in [0.15, 0.2) is 0 Å². The maximum atomic E-state index is 2.39. The highest BCUT2D eigenvalue weighted by molar-refractivity contribution is 5.23. The van der Waals surface area contributed by atoms with Crippen LogP contribution in [-0.4, -0.2) is 0 Å². The first-order valence-electron chi connectivity index (χ1n) is 8.89. The van der Waals surface area contributed by atoms with E-state index in [1.54, 1.807) is 5.56 Å². The molecule has 4 rings (SSSR count). The first-order valence-corrected chi connectivity index (χ1v) is 8.89. The van der Waals surface area contributed by atoms with Gasteiger partial charge in [-0.25, -0.2) is 0 Å². The third-order valence-corrected chi connectivity index (χ3v) is 6.19. The predicted octanol–water partition coefficient (Wildman–Crippen LogP) is 6.32. The molecule has 0 N–H and O–H groups in total. The summed E-state index contributed by atoms with van der Waals surface area (Å²) in [5, 5.41) is 0. The van der Waals surface area contributed by atoms with Crippen molar-refractivity contribution in [2.75, 3.05) is 0 Å². The van der Waals surface area contributed by atoms with Crippen molar-refractivity contribution in [2.24, 2.45) is 11.3 Å². The van der Waals surface area contributed by atoms with E-state index in [0.717, 1.165) is 11.8 Å². The molecule has 3 aliphatic rings. The van der Waals surface area contributed by atoms with E-state index in [0.29, 0.717) is 5.41 Å². The third-order valence-electron chi connectivity index (χ3n) is 6.19. The Morgan fingerprint density at radius 3 is 2.25 bits per heavy atom. The SMILES string of the molecule is CCCCCC(c1ccccc1)C12CCC(CC1)CC2. The minimum Gasteiger partial charge on any atom is -0.0654 e. The summed E-state index contributed by atoms with van der Waals surface area (Å²) >= 11 is 0. The van der Waals surface area contributed by atoms with Gasteiger partial charge in [-0.2, -0.15) is 0 Å². The van der Waals surface area contributed by atoms with Gasteiger partial charge in [0, 0.05) is 0 Å². The number of unbranched alkanes of at least 4 members (excludes halogenated alkanes) is 2. The van der Waals surface area contributed by atoms with E-state index in [9.17, 15) is 0 Å². The average molecular weight is 270 g/mol. The molecule has 1 atom stereocenters. The van der Waals surface area contributed by atoms with Crippen LogP contribution in [0.25, 0.3) is 0 Å². The lowest BCUT2D eigenvalue weighted by molar-refractivity contribution is 0.0338. The fourth-order valence-electron chi connectivity index (χ4n) is 4.92. The van der Waals surface area contributed by atoms with Gasteiger partial charge in [0.2, 0.25) is 0 Å². The second kappa shape index (κ2) is 6.33. The zero-order valence-electron chi connectivity index (χ0n) is 13.1. The molecule has 0 spiro atoms. The Labute approximate surface area is 125 Å². The van der Waals surface area contributed by atoms with Crippen LogP contribution in [0.5, 0.6) is 0 Å². The summed E-state index contributed by atoms with van der Waals surface area (Å²) in [4.78, 5) is 0. The normalized spacial score (nSPS) is 30.4. The van der Waals surface area contributed by atoms with Gasteiger partial charge in [0.05, 0.1) is 0 Å². The van der Waals surface area contributed by atoms with E-state index < -0.39 is 0 Å². The average Bonchev–Trinajstić information content (AvgIpc) is 2.54. The van der Waals surface area contributed by atoms with Gasteiger partial charge in [-0.15, -0.1) is 0 Å². The minimum atomic E-state index is 0.657. The van der Waals surface area contributed by atoms with E-state index in [4.69, 9.17) is 0 Å². The van der Waals surface area contributed by atoms with Gasteiger partial charge in [0.1, 0.15) is 0 Å². The summed E-state index contributed by atoms with van der Waals surface area (Å²) in [7, 11) is 0. The van der Waals surface area contributed by atoms with Gasteiger partial charge in [0.25, 0.3) is 0 Å². The van der Waals surface area contributed by atoms with Crippen LogP contribution in [-0.2, 0) is 0 Å². The van der Waals surface area contributed by atoms with Crippen molar-refractivity contribution in [3.63, 3.8) is 0 Å². The largest absolute Gasteiger partial charge is 0.0654 e. The number of hydrogen-bond donors (Lipinski definition) is 0. The fraction of sp³-hybridized carbons (Fsp3) is 0.700. The number of fused-ring (bicyclic) bond motifs is 3. The quantitative estimate of drug-likeness (QED) is 0.530. The molecule has 3 fully saturated rings. The second-order valence-corrected chi connectivity index (χ2v) is 7.30. The van der Waals surface area contributed by atoms with E-state index >= 15 is 0 Å². The molecule has 1 unspecified atom stereocenters. The van der Waals surface area contributed by atoms with Crippen LogP contribution in [0.2, 0.25) is 0 Å². The van der Waals surface area contributed by atoms with E-state index in [-0.39, 0.29) is 0 Å². The number of hydrogen-bond acceptors (Lipinski definition) is 0. The van der Waals surface area contributed by atoms with Crippen molar-refractivity contribution >= 4 is 0 Å². The van der Waals surface area contributed by atoms with Crippen LogP contribution in [0.1, 0.15) is 82.6 Å². The molecule has 0 nitrogen and oxygen atoms in total. The zero-order chi connectivity index (χ0) is 13.8. The van der Waals surface area contributed by atoms with E-state index in [1.165, 1.54) is 64.2 Å². The minimum absolute atomic E-state index is 0.657. The lowest BCUT2D eigenvalue weighted by Gasteiger charge is -2.51. The lowest BCUT2D eigenvalue weighted by atomic mass is 9.54. The number of rotatable bonds is 6. The highest BCUT2D eigenvalue weighted by Gasteiger charge is 2.45. The smallest absolute Gasteiger partial charge is 0.0105 e. The lowest BCUT2D eigenvalue weighted by Crippen LogP contribution is -2.39. The second-order valence-electron chi connectivity index (χ2n) is 7.30. The van der Waals surface area contributed by atoms with Crippen LogP contribution < -0.4 is 0 Å². The zero-order valence-corrected chi connectivity index (χ0v) is 13.1. The fourth-order valence-corrected chi connectivity index (χ4v) is 4.92. The van der Waals surface area contributed by atoms with Crippen molar-refractivity contribution in [3.05, 3.63) is 35.9 Å². The Balaban J connectivity index is 1.81. The van der Waals surface area contributed by atoms with Gasteiger partial charge >= 0.3 is 0 Å². The van der Waals surface area contributed by atoms with Gasteiger partial charge in [-0.3, -0.25) is 0 Å². The molecule has 1 aromatic rings. The molecule has 0 heteroatoms. The van der Waals surface area contributed by atoms with Crippen molar-refractivity contribution in [1.82, 2.24) is 0 Å². The van der Waals surface area contributed by atoms with E-state index in [1.807, 2.05) is 0 Å². The molecule has 2 bridgehead atoms. The van der Waals surface area contributed by atoms with Crippen LogP contribution in [0.15, 0.2) is 30.3 Å². The highest BCUT2D eigenvalue weighted by Crippen LogP contribution is 2.58. The molecular weight excluding hydrogens is 240 g/mol. The Kier molecular flexibility index (Phi) is 4.48. The Morgan fingerprint density at radius 2 is 1.65 bits per heavy atom. The Hall–Kier alpha value is -0.780. The molecule has 1 aromatic carbocycles. The van der Waals surface area contributed by atoms with Crippen molar-refractivity contribution < 1.29 is 0 Å². The van der Waals surface area contributed by atoms with Crippen LogP contribution >= 0.6 is 0 Å². The maximum Gasteiger partial charge on any atom is -0.0105 e. The van der Waals surface area contributed by atoms with Gasteiger partial charge in [-0.05, 0) is 67.8 Å². The highest BCUT2D eigenvalue weighted by atomic mass is 14.5. The molecule has 0 saturated heterocycles. The van der Waals surface area contributed by atoms with E-state index in [2.05, 4.69) is 37.3 Å². The molecule has 0 heterocycles. The molecule has 3 saturated carbocycles. The van der Waals surface area contributed by atoms with Crippen molar-refractivity contribution in [2.45, 2.75) is 77.0 Å². The van der Waals surface area contributed by atoms with Crippen LogP contribution in [0.4, 0.5) is 0 Å². The summed E-state index contributed by atoms with van der Waals surface area (Å²) in [6.07, 6.45) is 14.6. The van der Waals surface area contributed by atoms with Crippen LogP contribution in [0.3, 0.4) is 0 Å². The molecule has 20 heavy (non-hydrogen) atoms. The summed E-state index contributed by atoms with van der Waals surface area (Å²) in [6.45, 7) is 2.32. The number of benzene rings is 1. The first kappa shape index (κ1) is 14.2. The molecule has 3 aliphatic carbocycles. The monoisotopic (exact) mass is 270 g/mol. The summed E-state index contributed by atoms with van der Waals surface area (Å²) in [6, 6.07) is 11.4. The summed E-state index contributed by atoms with van der Waals surface area (Å²) in [5.41, 5.74) is 2.29. The maximum absolute atomic E-state index is 2.39. The Morgan fingerprint density at radius 1 is 1.00 bits per heavy atom. The third kappa shape index (κ3) is 2.80. The standard InChI is InChI=1S/C20H30/c1-2-3-5-10-19(18-8-6-4-7-9-18)20-14-11-17(12-15-20)13-16-20/h4,6-9,17,19H,2-3,5,10-16H2,1H3. The molecule has 110 valence electrons. The van der Waals surface area contributed by atoms with Crippen molar-refractivity contribution in [3.8, 4) is 0 Å². The molecule has 0 amide bonds. The molecule has 0 aliphatic heterocycles. The Bertz CT molecular complexity index is 384. The predicted molar refractivity (Wildman–Crippen MR) is 87.0 cm³/mol. The van der Waals surface area contributed by atoms with Gasteiger partial charge in [-0.1, -0.05) is 56.5 Å². The summed E-state index contributed by atoms with van der Waals surface area (Å²) < 4.78 is 0. The molecular formula is C20H30. The molecule has 0 radical (unpaired) electrons. The molecule has 0 aromatic heterocycles.